The van der Waals surface area contributed by atoms with E-state index in [0.29, 0.717) is 25.8 Å². The number of thiazole rings is 1. The molecule has 0 unspecified atom stereocenters. The van der Waals surface area contributed by atoms with Gasteiger partial charge in [0.05, 0.1) is 23.4 Å². The Morgan fingerprint density at radius 2 is 2.00 bits per heavy atom. The maximum Gasteiger partial charge on any atom is 0.357 e. The number of hydrogen-bond donors (Lipinski definition) is 2. The smallest absolute Gasteiger partial charge is 0.357 e. The molecule has 2 heterocycles. The summed E-state index contributed by atoms with van der Waals surface area (Å²) in [5, 5.41) is 20.5. The molecule has 1 aromatic heterocycles. The monoisotopic (exact) mass is 410 g/mol. The molecule has 0 aliphatic carbocycles. The molecule has 0 radical (unpaired) electrons. The highest BCUT2D eigenvalue weighted by Gasteiger charge is 2.27. The third-order valence-corrected chi connectivity index (χ3v) is 5.55. The first-order chi connectivity index (χ1) is 13.5. The van der Waals surface area contributed by atoms with Crippen LogP contribution >= 0.6 is 23.6 Å². The third kappa shape index (κ3) is 3.02. The van der Waals surface area contributed by atoms with Crippen LogP contribution in [0, 0.1) is 3.95 Å². The summed E-state index contributed by atoms with van der Waals surface area (Å²) in [6.45, 7) is 0. The molecule has 0 saturated heterocycles. The second kappa shape index (κ2) is 7.06. The summed E-state index contributed by atoms with van der Waals surface area (Å²) >= 11 is 6.58. The Hall–Kier alpha value is -3.23. The molecule has 28 heavy (non-hydrogen) atoms. The van der Waals surface area contributed by atoms with Gasteiger partial charge in [0.1, 0.15) is 5.75 Å². The number of ether oxygens (including phenoxy) is 1. The Labute approximate surface area is 169 Å². The molecule has 0 fully saturated rings. The molecule has 0 saturated carbocycles. The summed E-state index contributed by atoms with van der Waals surface area (Å²) in [5.41, 5.74) is 2.69. The minimum Gasteiger partial charge on any atom is -0.508 e. The number of aliphatic imine (C=N–C) groups is 1. The van der Waals surface area contributed by atoms with Crippen LogP contribution in [0.15, 0.2) is 53.5 Å². The number of methoxy groups -OCH3 is 1. The number of phenolic OH excluding ortho intramolecular Hbond substituents is 1. The lowest BCUT2D eigenvalue weighted by molar-refractivity contribution is -0.132. The van der Waals surface area contributed by atoms with Crippen molar-refractivity contribution in [3.05, 3.63) is 62.9 Å². The van der Waals surface area contributed by atoms with Crippen LogP contribution in [-0.4, -0.2) is 33.6 Å². The Balaban J connectivity index is 1.87. The number of carbonyl (C=O) groups excluding carboxylic acids is 1. The SMILES string of the molecule is COC(=O)C1=Nc2ccccc2/C1=C\c1sc(=S)n(-c2cccc(O)c2)c1O. The van der Waals surface area contributed by atoms with Crippen LogP contribution in [0.4, 0.5) is 5.69 Å². The number of carbonyl (C=O) groups is 1. The quantitative estimate of drug-likeness (QED) is 0.491. The standard InChI is InChI=1S/C20H14N2O4S2/c1-26-19(25)17-14(13-7-2-3-8-15(13)21-17)10-16-18(24)22(20(27)28-16)11-5-4-6-12(23)9-11/h2-10,23-24H,1H3/b14-10+. The molecule has 0 spiro atoms. The van der Waals surface area contributed by atoms with E-state index in [0.717, 1.165) is 5.56 Å². The fourth-order valence-corrected chi connectivity index (χ4v) is 4.26. The summed E-state index contributed by atoms with van der Waals surface area (Å²) in [6, 6.07) is 13.8. The second-order valence-electron chi connectivity index (χ2n) is 5.94. The number of aromatic hydroxyl groups is 2. The molecule has 0 amide bonds. The predicted octanol–water partition coefficient (Wildman–Crippen LogP) is 4.48. The average molecular weight is 410 g/mol. The zero-order chi connectivity index (χ0) is 19.8. The molecule has 6 nitrogen and oxygen atoms in total. The van der Waals surface area contributed by atoms with Crippen molar-refractivity contribution in [3.8, 4) is 17.3 Å². The lowest BCUT2D eigenvalue weighted by atomic mass is 10.0. The van der Waals surface area contributed by atoms with E-state index >= 15 is 0 Å². The molecule has 140 valence electrons. The topological polar surface area (TPSA) is 84.0 Å². The largest absolute Gasteiger partial charge is 0.508 e. The molecule has 2 aromatic carbocycles. The van der Waals surface area contributed by atoms with Gasteiger partial charge in [0.2, 0.25) is 5.88 Å². The van der Waals surface area contributed by atoms with Gasteiger partial charge in [0.15, 0.2) is 9.67 Å². The zero-order valence-electron chi connectivity index (χ0n) is 14.6. The molecule has 1 aliphatic rings. The fourth-order valence-electron chi connectivity index (χ4n) is 2.97. The van der Waals surface area contributed by atoms with Gasteiger partial charge in [0, 0.05) is 17.2 Å². The highest BCUT2D eigenvalue weighted by Crippen LogP contribution is 2.39. The lowest BCUT2D eigenvalue weighted by Gasteiger charge is -2.06. The highest BCUT2D eigenvalue weighted by molar-refractivity contribution is 7.73. The molecule has 0 bridgehead atoms. The molecule has 2 N–H and O–H groups in total. The molecule has 8 heteroatoms. The van der Waals surface area contributed by atoms with Gasteiger partial charge in [0.25, 0.3) is 0 Å². The number of para-hydroxylation sites is 1. The zero-order valence-corrected chi connectivity index (χ0v) is 16.3. The van der Waals surface area contributed by atoms with E-state index in [1.165, 1.54) is 35.1 Å². The highest BCUT2D eigenvalue weighted by atomic mass is 32.1. The number of rotatable bonds is 3. The summed E-state index contributed by atoms with van der Waals surface area (Å²) < 4.78 is 6.71. The number of fused-ring (bicyclic) bond motifs is 1. The summed E-state index contributed by atoms with van der Waals surface area (Å²) in [4.78, 5) is 17.0. The number of hydrogen-bond acceptors (Lipinski definition) is 7. The van der Waals surface area contributed by atoms with Crippen molar-refractivity contribution < 1.29 is 19.7 Å². The van der Waals surface area contributed by atoms with E-state index in [4.69, 9.17) is 17.0 Å². The maximum absolute atomic E-state index is 12.2. The van der Waals surface area contributed by atoms with Gasteiger partial charge < -0.3 is 14.9 Å². The fraction of sp³-hybridized carbons (Fsp3) is 0.0500. The predicted molar refractivity (Wildman–Crippen MR) is 111 cm³/mol. The molecule has 3 aromatic rings. The minimum absolute atomic E-state index is 0.0646. The van der Waals surface area contributed by atoms with Gasteiger partial charge in [-0.2, -0.15) is 0 Å². The van der Waals surface area contributed by atoms with Crippen LogP contribution < -0.4 is 0 Å². The van der Waals surface area contributed by atoms with Gasteiger partial charge in [-0.15, -0.1) is 11.3 Å². The molecule has 1 aliphatic heterocycles. The van der Waals surface area contributed by atoms with Crippen LogP contribution in [0.25, 0.3) is 17.3 Å². The molecule has 0 atom stereocenters. The van der Waals surface area contributed by atoms with Crippen molar-refractivity contribution in [3.63, 3.8) is 0 Å². The van der Waals surface area contributed by atoms with Crippen LogP contribution in [0.3, 0.4) is 0 Å². The molecule has 4 rings (SSSR count). The Morgan fingerprint density at radius 1 is 1.21 bits per heavy atom. The van der Waals surface area contributed by atoms with E-state index in [9.17, 15) is 15.0 Å². The normalized spacial score (nSPS) is 14.0. The molecular formula is C20H14N2O4S2. The van der Waals surface area contributed by atoms with Gasteiger partial charge in [-0.25, -0.2) is 9.79 Å². The van der Waals surface area contributed by atoms with Crippen LogP contribution in [0.2, 0.25) is 0 Å². The van der Waals surface area contributed by atoms with Gasteiger partial charge in [-0.1, -0.05) is 24.3 Å². The van der Waals surface area contributed by atoms with E-state index in [1.807, 2.05) is 18.2 Å². The Kier molecular flexibility index (Phi) is 4.58. The van der Waals surface area contributed by atoms with E-state index < -0.39 is 5.97 Å². The first-order valence-corrected chi connectivity index (χ1v) is 9.44. The average Bonchev–Trinajstić information content (AvgIpc) is 3.19. The number of phenols is 1. The maximum atomic E-state index is 12.2. The first-order valence-electron chi connectivity index (χ1n) is 8.22. The van der Waals surface area contributed by atoms with Crippen molar-refractivity contribution >= 4 is 52.6 Å². The molecular weight excluding hydrogens is 396 g/mol. The minimum atomic E-state index is -0.557. The van der Waals surface area contributed by atoms with Crippen molar-refractivity contribution in [2.45, 2.75) is 0 Å². The van der Waals surface area contributed by atoms with Gasteiger partial charge in [-0.05, 0) is 36.5 Å². The third-order valence-electron chi connectivity index (χ3n) is 4.24. The lowest BCUT2D eigenvalue weighted by Crippen LogP contribution is -2.14. The van der Waals surface area contributed by atoms with Crippen molar-refractivity contribution in [2.24, 2.45) is 4.99 Å². The van der Waals surface area contributed by atoms with Crippen LogP contribution in [0.1, 0.15) is 10.4 Å². The van der Waals surface area contributed by atoms with E-state index in [-0.39, 0.29) is 17.3 Å². The van der Waals surface area contributed by atoms with Crippen molar-refractivity contribution in [1.29, 1.82) is 0 Å². The van der Waals surface area contributed by atoms with Crippen molar-refractivity contribution in [2.75, 3.05) is 7.11 Å². The van der Waals surface area contributed by atoms with E-state index in [2.05, 4.69) is 4.99 Å². The van der Waals surface area contributed by atoms with Crippen molar-refractivity contribution in [1.82, 2.24) is 4.57 Å². The van der Waals surface area contributed by atoms with Gasteiger partial charge >= 0.3 is 5.97 Å². The number of benzene rings is 2. The van der Waals surface area contributed by atoms with Crippen LogP contribution in [0.5, 0.6) is 11.6 Å². The summed E-state index contributed by atoms with van der Waals surface area (Å²) in [7, 11) is 1.30. The first kappa shape index (κ1) is 18.1. The summed E-state index contributed by atoms with van der Waals surface area (Å²) in [6.07, 6.45) is 1.68. The second-order valence-corrected chi connectivity index (χ2v) is 7.61. The van der Waals surface area contributed by atoms with Gasteiger partial charge in [-0.3, -0.25) is 4.57 Å². The van der Waals surface area contributed by atoms with E-state index in [1.54, 1.807) is 24.3 Å². The van der Waals surface area contributed by atoms with Crippen LogP contribution in [-0.2, 0) is 9.53 Å². The Morgan fingerprint density at radius 3 is 2.75 bits per heavy atom. The number of aromatic nitrogens is 1. The Bertz CT molecular complexity index is 1220. The summed E-state index contributed by atoms with van der Waals surface area (Å²) in [5.74, 6) is -0.575. The number of esters is 1. The number of nitrogens with zero attached hydrogens (tertiary/aromatic N) is 2.